The van der Waals surface area contributed by atoms with Crippen LogP contribution in [-0.4, -0.2) is 46.0 Å². The monoisotopic (exact) mass is 474 g/mol. The molecule has 34 heavy (non-hydrogen) atoms. The second-order valence-corrected chi connectivity index (χ2v) is 7.66. The van der Waals surface area contributed by atoms with E-state index in [4.69, 9.17) is 4.74 Å². The molecule has 0 aromatic heterocycles. The molecule has 182 valence electrons. The minimum absolute atomic E-state index is 0.0268. The maximum atomic E-state index is 10.5. The molecule has 0 fully saturated rings. The van der Waals surface area contributed by atoms with Crippen LogP contribution >= 0.6 is 0 Å². The molecule has 0 aliphatic carbocycles. The molecule has 0 radical (unpaired) electrons. The van der Waals surface area contributed by atoms with Crippen LogP contribution in [0, 0.1) is 0 Å². The van der Waals surface area contributed by atoms with Crippen LogP contribution in [0.3, 0.4) is 0 Å². The van der Waals surface area contributed by atoms with E-state index in [9.17, 15) is 46.0 Å². The lowest BCUT2D eigenvalue weighted by atomic mass is 9.95. The summed E-state index contributed by atoms with van der Waals surface area (Å²) in [4.78, 5) is 0. The topological polar surface area (TPSA) is 191 Å². The number of aromatic hydroxyl groups is 6. The van der Waals surface area contributed by atoms with Gasteiger partial charge in [0.25, 0.3) is 0 Å². The van der Waals surface area contributed by atoms with Crippen LogP contribution < -0.4 is 0 Å². The fourth-order valence-electron chi connectivity index (χ4n) is 3.61. The zero-order valence-electron chi connectivity index (χ0n) is 18.1. The van der Waals surface area contributed by atoms with Gasteiger partial charge in [-0.15, -0.1) is 0 Å². The van der Waals surface area contributed by atoms with E-state index >= 15 is 0 Å². The lowest BCUT2D eigenvalue weighted by Crippen LogP contribution is -2.02. The Labute approximate surface area is 194 Å². The van der Waals surface area contributed by atoms with E-state index in [-0.39, 0.29) is 81.6 Å². The molecule has 3 rings (SSSR count). The first-order chi connectivity index (χ1) is 16.2. The van der Waals surface area contributed by atoms with Gasteiger partial charge in [0.05, 0.1) is 44.2 Å². The van der Waals surface area contributed by atoms with Crippen LogP contribution in [0.2, 0.25) is 0 Å². The average molecular weight is 474 g/mol. The average Bonchev–Trinajstić information content (AvgIpc) is 2.81. The normalized spacial score (nSPS) is 11.1. The summed E-state index contributed by atoms with van der Waals surface area (Å²) in [5.41, 5.74) is 0.518. The molecule has 10 nitrogen and oxygen atoms in total. The van der Waals surface area contributed by atoms with Crippen molar-refractivity contribution in [1.29, 1.82) is 0 Å². The van der Waals surface area contributed by atoms with Gasteiger partial charge in [0.15, 0.2) is 0 Å². The van der Waals surface area contributed by atoms with Gasteiger partial charge in [0.2, 0.25) is 0 Å². The summed E-state index contributed by atoms with van der Waals surface area (Å²) < 4.78 is 5.52. The highest BCUT2D eigenvalue weighted by atomic mass is 16.5. The van der Waals surface area contributed by atoms with Gasteiger partial charge in [0.1, 0.15) is 34.5 Å². The number of aliphatic hydroxyl groups is 3. The van der Waals surface area contributed by atoms with Crippen molar-refractivity contribution in [3.05, 3.63) is 69.3 Å². The van der Waals surface area contributed by atoms with Crippen molar-refractivity contribution >= 4 is 0 Å². The van der Waals surface area contributed by atoms with E-state index in [0.717, 1.165) is 0 Å². The van der Waals surface area contributed by atoms with Crippen LogP contribution in [0.5, 0.6) is 34.5 Å². The van der Waals surface area contributed by atoms with Crippen molar-refractivity contribution in [2.45, 2.75) is 39.5 Å². The first kappa shape index (κ1) is 24.9. The summed E-state index contributed by atoms with van der Waals surface area (Å²) in [5, 5.41) is 89.9. The zero-order chi connectivity index (χ0) is 25.0. The predicted molar refractivity (Wildman–Crippen MR) is 118 cm³/mol. The summed E-state index contributed by atoms with van der Waals surface area (Å²) in [6.07, 6.45) is -0.197. The molecule has 0 heterocycles. The van der Waals surface area contributed by atoms with Crippen LogP contribution in [0.4, 0.5) is 0 Å². The number of phenolic OH excluding ortho intramolecular Hbond substituents is 2. The number of rotatable bonds is 9. The SMILES string of the molecule is OCc1ccc(O)c(COCc2cc(Cc3c(O)ccc(CO)c3O)c(O)c(CO)c2O)c1O. The van der Waals surface area contributed by atoms with E-state index in [0.29, 0.717) is 0 Å². The third-order valence-corrected chi connectivity index (χ3v) is 5.58. The van der Waals surface area contributed by atoms with Crippen molar-refractivity contribution in [3.63, 3.8) is 0 Å². The van der Waals surface area contributed by atoms with Gasteiger partial charge in [-0.05, 0) is 35.9 Å². The summed E-state index contributed by atoms with van der Waals surface area (Å²) in [6, 6.07) is 6.65. The lowest BCUT2D eigenvalue weighted by Gasteiger charge is -2.17. The molecule has 0 amide bonds. The molecule has 0 aliphatic heterocycles. The van der Waals surface area contributed by atoms with Crippen LogP contribution in [0.25, 0.3) is 0 Å². The molecule has 0 saturated carbocycles. The van der Waals surface area contributed by atoms with Crippen molar-refractivity contribution in [2.24, 2.45) is 0 Å². The first-order valence-electron chi connectivity index (χ1n) is 10.2. The highest BCUT2D eigenvalue weighted by molar-refractivity contribution is 5.57. The second kappa shape index (κ2) is 10.5. The Morgan fingerprint density at radius 2 is 1.00 bits per heavy atom. The predicted octanol–water partition coefficient (Wildman–Crippen LogP) is 1.70. The fourth-order valence-corrected chi connectivity index (χ4v) is 3.61. The molecular formula is C24H26O10. The Morgan fingerprint density at radius 3 is 1.56 bits per heavy atom. The summed E-state index contributed by atoms with van der Waals surface area (Å²) >= 11 is 0. The molecular weight excluding hydrogens is 448 g/mol. The molecule has 0 atom stereocenters. The van der Waals surface area contributed by atoms with Crippen LogP contribution in [0.1, 0.15) is 38.9 Å². The van der Waals surface area contributed by atoms with Crippen molar-refractivity contribution in [1.82, 2.24) is 0 Å². The minimum atomic E-state index is -0.715. The maximum Gasteiger partial charge on any atom is 0.130 e. The molecule has 0 saturated heterocycles. The summed E-state index contributed by atoms with van der Waals surface area (Å²) in [5.74, 6) is -2.09. The summed E-state index contributed by atoms with van der Waals surface area (Å²) in [6.45, 7) is -2.18. The molecule has 3 aromatic carbocycles. The third-order valence-electron chi connectivity index (χ3n) is 5.58. The minimum Gasteiger partial charge on any atom is -0.508 e. The van der Waals surface area contributed by atoms with E-state index < -0.39 is 31.3 Å². The van der Waals surface area contributed by atoms with Crippen LogP contribution in [-0.2, 0) is 44.2 Å². The van der Waals surface area contributed by atoms with Gasteiger partial charge in [-0.3, -0.25) is 0 Å². The third kappa shape index (κ3) is 4.80. The van der Waals surface area contributed by atoms with Gasteiger partial charge in [-0.1, -0.05) is 0 Å². The number of aliphatic hydroxyl groups excluding tert-OH is 3. The number of benzene rings is 3. The maximum absolute atomic E-state index is 10.5. The second-order valence-electron chi connectivity index (χ2n) is 7.66. The van der Waals surface area contributed by atoms with E-state index in [2.05, 4.69) is 0 Å². The van der Waals surface area contributed by atoms with Gasteiger partial charge in [-0.2, -0.15) is 0 Å². The molecule has 0 unspecified atom stereocenters. The molecule has 3 aromatic rings. The molecule has 9 N–H and O–H groups in total. The Kier molecular flexibility index (Phi) is 7.69. The fraction of sp³-hybridized carbons (Fsp3) is 0.250. The standard InChI is InChI=1S/C24H26O10/c25-7-12-1-3-19(28)16(21(12)30)6-14-5-15(24(33)17(9-27)23(14)32)10-34-11-18-20(29)4-2-13(8-26)22(18)31/h1-5,25-33H,6-11H2. The van der Waals surface area contributed by atoms with Gasteiger partial charge in [0, 0.05) is 28.7 Å². The molecule has 0 spiro atoms. The van der Waals surface area contributed by atoms with Crippen molar-refractivity contribution < 1.29 is 50.7 Å². The van der Waals surface area contributed by atoms with Gasteiger partial charge >= 0.3 is 0 Å². The van der Waals surface area contributed by atoms with Gasteiger partial charge in [-0.25, -0.2) is 0 Å². The molecule has 10 heteroatoms. The van der Waals surface area contributed by atoms with Crippen molar-refractivity contribution in [3.8, 4) is 34.5 Å². The molecule has 0 bridgehead atoms. The number of ether oxygens (including phenoxy) is 1. The quantitative estimate of drug-likeness (QED) is 0.220. The first-order valence-corrected chi connectivity index (χ1v) is 10.2. The lowest BCUT2D eigenvalue weighted by molar-refractivity contribution is 0.101. The van der Waals surface area contributed by atoms with Crippen LogP contribution in [0.15, 0.2) is 30.3 Å². The Morgan fingerprint density at radius 1 is 0.500 bits per heavy atom. The Balaban J connectivity index is 1.91. The highest BCUT2D eigenvalue weighted by Gasteiger charge is 2.21. The van der Waals surface area contributed by atoms with Gasteiger partial charge < -0.3 is 50.7 Å². The Bertz CT molecular complexity index is 1190. The van der Waals surface area contributed by atoms with E-state index in [1.165, 1.54) is 30.3 Å². The summed E-state index contributed by atoms with van der Waals surface area (Å²) in [7, 11) is 0. The number of phenols is 6. The highest BCUT2D eigenvalue weighted by Crippen LogP contribution is 2.40. The molecule has 0 aliphatic rings. The van der Waals surface area contributed by atoms with E-state index in [1.807, 2.05) is 0 Å². The zero-order valence-corrected chi connectivity index (χ0v) is 18.1. The van der Waals surface area contributed by atoms with E-state index in [1.54, 1.807) is 0 Å². The largest absolute Gasteiger partial charge is 0.508 e. The number of hydrogen-bond donors (Lipinski definition) is 9. The van der Waals surface area contributed by atoms with Crippen molar-refractivity contribution in [2.75, 3.05) is 0 Å². The smallest absolute Gasteiger partial charge is 0.130 e. The number of hydrogen-bond acceptors (Lipinski definition) is 10. The Hall–Kier alpha value is -3.70.